The Hall–Kier alpha value is -0.950. The van der Waals surface area contributed by atoms with Crippen molar-refractivity contribution in [2.24, 2.45) is 0 Å². The predicted octanol–water partition coefficient (Wildman–Crippen LogP) is 2.37. The molecular formula is C15H20N2O2S2. The van der Waals surface area contributed by atoms with Crippen molar-refractivity contribution in [3.05, 3.63) is 35.2 Å². The molecule has 21 heavy (non-hydrogen) atoms. The second-order valence-corrected chi connectivity index (χ2v) is 8.69. The van der Waals surface area contributed by atoms with Gasteiger partial charge < -0.3 is 0 Å². The molecule has 0 bridgehead atoms. The highest BCUT2D eigenvalue weighted by Gasteiger charge is 2.21. The molecule has 0 unspecified atom stereocenters. The molecule has 0 N–H and O–H groups in total. The molecule has 3 rings (SSSR count). The van der Waals surface area contributed by atoms with E-state index >= 15 is 0 Å². The van der Waals surface area contributed by atoms with Crippen LogP contribution in [-0.2, 0) is 16.6 Å². The molecule has 0 atom stereocenters. The summed E-state index contributed by atoms with van der Waals surface area (Å²) in [4.78, 5) is 3.71. The molecule has 0 radical (unpaired) electrons. The van der Waals surface area contributed by atoms with E-state index in [1.807, 2.05) is 11.3 Å². The van der Waals surface area contributed by atoms with E-state index in [1.54, 1.807) is 4.31 Å². The minimum absolute atomic E-state index is 0.601. The number of fused-ring (bicyclic) bond motifs is 1. The van der Waals surface area contributed by atoms with Crippen molar-refractivity contribution in [1.29, 1.82) is 0 Å². The topological polar surface area (TPSA) is 40.6 Å². The summed E-state index contributed by atoms with van der Waals surface area (Å²) in [7, 11) is -3.06. The first-order valence-electron chi connectivity index (χ1n) is 7.17. The van der Waals surface area contributed by atoms with E-state index in [9.17, 15) is 8.42 Å². The van der Waals surface area contributed by atoms with Gasteiger partial charge in [-0.15, -0.1) is 11.3 Å². The van der Waals surface area contributed by atoms with Gasteiger partial charge in [0.2, 0.25) is 10.0 Å². The highest BCUT2D eigenvalue weighted by Crippen LogP contribution is 2.26. The van der Waals surface area contributed by atoms with E-state index in [1.165, 1.54) is 21.2 Å². The maximum atomic E-state index is 11.6. The first-order chi connectivity index (χ1) is 10.0. The van der Waals surface area contributed by atoms with Crippen molar-refractivity contribution in [3.63, 3.8) is 0 Å². The molecule has 1 saturated heterocycles. The lowest BCUT2D eigenvalue weighted by atomic mass is 10.2. The zero-order valence-electron chi connectivity index (χ0n) is 12.2. The molecular weight excluding hydrogens is 304 g/mol. The molecule has 4 nitrogen and oxygen atoms in total. The number of hydrogen-bond donors (Lipinski definition) is 0. The van der Waals surface area contributed by atoms with Crippen LogP contribution in [0.25, 0.3) is 10.1 Å². The van der Waals surface area contributed by atoms with Crippen LogP contribution in [0.15, 0.2) is 30.3 Å². The SMILES string of the molecule is CS(=O)(=O)N1CCCN(Cc2cc3ccccc3s2)CC1. The number of sulfonamides is 1. The van der Waals surface area contributed by atoms with E-state index in [0.29, 0.717) is 13.1 Å². The molecule has 2 heterocycles. The molecule has 0 aliphatic carbocycles. The third kappa shape index (κ3) is 3.63. The van der Waals surface area contributed by atoms with Gasteiger partial charge in [-0.1, -0.05) is 18.2 Å². The standard InChI is InChI=1S/C15H20N2O2S2/c1-21(18,19)17-8-4-7-16(9-10-17)12-14-11-13-5-2-3-6-15(13)20-14/h2-3,5-6,11H,4,7-10,12H2,1H3. The second kappa shape index (κ2) is 6.04. The van der Waals surface area contributed by atoms with Gasteiger partial charge in [0.25, 0.3) is 0 Å². The van der Waals surface area contributed by atoms with Gasteiger partial charge in [-0.2, -0.15) is 0 Å². The highest BCUT2D eigenvalue weighted by molar-refractivity contribution is 7.88. The Balaban J connectivity index is 1.68. The summed E-state index contributed by atoms with van der Waals surface area (Å²) in [5.74, 6) is 0. The average Bonchev–Trinajstić information content (AvgIpc) is 2.66. The normalized spacial score (nSPS) is 18.9. The van der Waals surface area contributed by atoms with Gasteiger partial charge in [0.05, 0.1) is 6.26 Å². The number of rotatable bonds is 3. The van der Waals surface area contributed by atoms with Crippen LogP contribution in [0.3, 0.4) is 0 Å². The first kappa shape index (κ1) is 15.0. The zero-order valence-corrected chi connectivity index (χ0v) is 13.8. The van der Waals surface area contributed by atoms with Gasteiger partial charge in [0.1, 0.15) is 0 Å². The molecule has 0 amide bonds. The summed E-state index contributed by atoms with van der Waals surface area (Å²) in [6.07, 6.45) is 2.20. The zero-order chi connectivity index (χ0) is 14.9. The molecule has 1 aliphatic rings. The number of thiophene rings is 1. The van der Waals surface area contributed by atoms with E-state index in [4.69, 9.17) is 0 Å². The Morgan fingerprint density at radius 3 is 2.71 bits per heavy atom. The largest absolute Gasteiger partial charge is 0.297 e. The molecule has 1 aromatic heterocycles. The predicted molar refractivity (Wildman–Crippen MR) is 88.1 cm³/mol. The molecule has 0 spiro atoms. The summed E-state index contributed by atoms with van der Waals surface area (Å²) >= 11 is 1.83. The van der Waals surface area contributed by atoms with Crippen molar-refractivity contribution in [1.82, 2.24) is 9.21 Å². The Morgan fingerprint density at radius 2 is 1.95 bits per heavy atom. The summed E-state index contributed by atoms with van der Waals surface area (Å²) in [6, 6.07) is 10.7. The third-order valence-corrected chi connectivity index (χ3v) is 6.28. The van der Waals surface area contributed by atoms with E-state index < -0.39 is 10.0 Å². The van der Waals surface area contributed by atoms with Crippen molar-refractivity contribution in [3.8, 4) is 0 Å². The Labute approximate surface area is 130 Å². The first-order valence-corrected chi connectivity index (χ1v) is 9.84. The van der Waals surface area contributed by atoms with Crippen LogP contribution >= 0.6 is 11.3 Å². The Bertz CT molecular complexity index is 691. The fourth-order valence-electron chi connectivity index (χ4n) is 2.77. The lowest BCUT2D eigenvalue weighted by Crippen LogP contribution is -2.34. The fraction of sp³-hybridized carbons (Fsp3) is 0.467. The van der Waals surface area contributed by atoms with Crippen molar-refractivity contribution in [2.75, 3.05) is 32.4 Å². The minimum Gasteiger partial charge on any atom is -0.297 e. The van der Waals surface area contributed by atoms with Gasteiger partial charge in [-0.25, -0.2) is 12.7 Å². The maximum Gasteiger partial charge on any atom is 0.211 e. The van der Waals surface area contributed by atoms with Crippen LogP contribution in [0, 0.1) is 0 Å². The maximum absolute atomic E-state index is 11.6. The third-order valence-electron chi connectivity index (χ3n) is 3.87. The van der Waals surface area contributed by atoms with E-state index in [0.717, 1.165) is 26.1 Å². The Morgan fingerprint density at radius 1 is 1.14 bits per heavy atom. The van der Waals surface area contributed by atoms with Crippen LogP contribution in [0.5, 0.6) is 0 Å². The van der Waals surface area contributed by atoms with Gasteiger partial charge in [-0.05, 0) is 30.5 Å². The summed E-state index contributed by atoms with van der Waals surface area (Å²) in [5.41, 5.74) is 0. The number of benzene rings is 1. The molecule has 1 aromatic carbocycles. The number of nitrogens with zero attached hydrogens (tertiary/aromatic N) is 2. The monoisotopic (exact) mass is 324 g/mol. The molecule has 6 heteroatoms. The van der Waals surface area contributed by atoms with Crippen molar-refractivity contribution >= 4 is 31.4 Å². The second-order valence-electron chi connectivity index (χ2n) is 5.54. The quantitative estimate of drug-likeness (QED) is 0.870. The van der Waals surface area contributed by atoms with Gasteiger partial charge in [0.15, 0.2) is 0 Å². The number of hydrogen-bond acceptors (Lipinski definition) is 4. The summed E-state index contributed by atoms with van der Waals surface area (Å²) < 4.78 is 26.2. The van der Waals surface area contributed by atoms with E-state index in [-0.39, 0.29) is 0 Å². The molecule has 1 aliphatic heterocycles. The van der Waals surface area contributed by atoms with Crippen molar-refractivity contribution < 1.29 is 8.42 Å². The molecule has 1 fully saturated rings. The molecule has 0 saturated carbocycles. The lowest BCUT2D eigenvalue weighted by Gasteiger charge is -2.19. The van der Waals surface area contributed by atoms with Crippen LogP contribution in [0.1, 0.15) is 11.3 Å². The Kier molecular flexibility index (Phi) is 4.31. The lowest BCUT2D eigenvalue weighted by molar-refractivity contribution is 0.281. The van der Waals surface area contributed by atoms with Gasteiger partial charge >= 0.3 is 0 Å². The summed E-state index contributed by atoms with van der Waals surface area (Å²) in [6.45, 7) is 3.92. The molecule has 114 valence electrons. The van der Waals surface area contributed by atoms with Crippen molar-refractivity contribution in [2.45, 2.75) is 13.0 Å². The highest BCUT2D eigenvalue weighted by atomic mass is 32.2. The van der Waals surface area contributed by atoms with Crippen LogP contribution in [0.4, 0.5) is 0 Å². The van der Waals surface area contributed by atoms with Gasteiger partial charge in [-0.3, -0.25) is 4.90 Å². The van der Waals surface area contributed by atoms with Gasteiger partial charge in [0, 0.05) is 35.8 Å². The fourth-order valence-corrected chi connectivity index (χ4v) is 4.75. The van der Waals surface area contributed by atoms with Crippen LogP contribution < -0.4 is 0 Å². The van der Waals surface area contributed by atoms with Crippen LogP contribution in [0.2, 0.25) is 0 Å². The molecule has 2 aromatic rings. The van der Waals surface area contributed by atoms with Crippen LogP contribution in [-0.4, -0.2) is 50.1 Å². The average molecular weight is 324 g/mol. The minimum atomic E-state index is -3.06. The summed E-state index contributed by atoms with van der Waals surface area (Å²) in [5, 5.41) is 1.30. The smallest absolute Gasteiger partial charge is 0.211 e. The van der Waals surface area contributed by atoms with E-state index in [2.05, 4.69) is 35.2 Å².